The Morgan fingerprint density at radius 1 is 1.17 bits per heavy atom. The first kappa shape index (κ1) is 21.5. The molecule has 160 valence electrons. The number of nitrogens with zero attached hydrogens (tertiary/aromatic N) is 4. The molecule has 30 heavy (non-hydrogen) atoms. The number of amides is 1. The Labute approximate surface area is 175 Å². The van der Waals surface area contributed by atoms with E-state index >= 15 is 0 Å². The van der Waals surface area contributed by atoms with Crippen molar-refractivity contribution in [3.8, 4) is 0 Å². The number of hydrogen-bond donors (Lipinski definition) is 2. The summed E-state index contributed by atoms with van der Waals surface area (Å²) in [5, 5.41) is 14.7. The molecule has 2 heterocycles. The van der Waals surface area contributed by atoms with Crippen LogP contribution in [0.3, 0.4) is 0 Å². The molecule has 0 bridgehead atoms. The van der Waals surface area contributed by atoms with Crippen molar-refractivity contribution in [2.45, 2.75) is 40.0 Å². The molecule has 0 aliphatic heterocycles. The van der Waals surface area contributed by atoms with Crippen molar-refractivity contribution in [3.05, 3.63) is 29.6 Å². The number of carbonyl (C=O) groups excluding carboxylic acids is 2. The molecular weight excluding hydrogens is 384 g/mol. The number of hydrogen-bond acceptors (Lipinski definition) is 7. The summed E-state index contributed by atoms with van der Waals surface area (Å²) in [7, 11) is 1.35. The number of unbranched alkanes of at least 4 members (excludes halogenated alkanes) is 1. The van der Waals surface area contributed by atoms with Gasteiger partial charge in [-0.15, -0.1) is 10.2 Å². The highest BCUT2D eigenvalue weighted by molar-refractivity contribution is 5.94. The minimum absolute atomic E-state index is 0.0937. The molecule has 0 radical (unpaired) electrons. The molecule has 0 fully saturated rings. The third-order valence-corrected chi connectivity index (χ3v) is 4.72. The van der Waals surface area contributed by atoms with Crippen LogP contribution in [0.25, 0.3) is 16.7 Å². The van der Waals surface area contributed by atoms with E-state index in [2.05, 4.69) is 25.8 Å². The Balaban J connectivity index is 1.70. The Morgan fingerprint density at radius 2 is 1.93 bits per heavy atom. The van der Waals surface area contributed by atoms with E-state index in [1.54, 1.807) is 12.1 Å². The second kappa shape index (κ2) is 9.51. The second-order valence-corrected chi connectivity index (χ2v) is 7.64. The number of rotatable bonds is 9. The number of anilines is 1. The van der Waals surface area contributed by atoms with Crippen molar-refractivity contribution in [3.63, 3.8) is 0 Å². The van der Waals surface area contributed by atoms with Crippen molar-refractivity contribution >= 4 is 34.4 Å². The SMILES string of the molecule is COC(=O)c1ccc2c(c1)nc(NCCCCNC(=O)CC(C)C)c1nnc(C)n12. The predicted molar refractivity (Wildman–Crippen MR) is 115 cm³/mol. The van der Waals surface area contributed by atoms with Crippen molar-refractivity contribution in [2.24, 2.45) is 5.92 Å². The van der Waals surface area contributed by atoms with Crippen molar-refractivity contribution in [1.82, 2.24) is 24.9 Å². The minimum Gasteiger partial charge on any atom is -0.465 e. The van der Waals surface area contributed by atoms with Gasteiger partial charge in [-0.05, 0) is 43.9 Å². The first-order chi connectivity index (χ1) is 14.4. The van der Waals surface area contributed by atoms with Gasteiger partial charge in [-0.3, -0.25) is 9.20 Å². The summed E-state index contributed by atoms with van der Waals surface area (Å²) in [6.07, 6.45) is 2.28. The van der Waals surface area contributed by atoms with Crippen LogP contribution in [-0.2, 0) is 9.53 Å². The first-order valence-corrected chi connectivity index (χ1v) is 10.1. The number of aromatic nitrogens is 4. The largest absolute Gasteiger partial charge is 0.465 e. The van der Waals surface area contributed by atoms with E-state index in [4.69, 9.17) is 4.74 Å². The molecule has 1 aromatic carbocycles. The fourth-order valence-electron chi connectivity index (χ4n) is 3.27. The average Bonchev–Trinajstić information content (AvgIpc) is 3.11. The molecule has 3 rings (SSSR count). The van der Waals surface area contributed by atoms with E-state index in [0.717, 1.165) is 24.2 Å². The monoisotopic (exact) mass is 412 g/mol. The lowest BCUT2D eigenvalue weighted by Gasteiger charge is -2.11. The molecule has 0 saturated heterocycles. The smallest absolute Gasteiger partial charge is 0.337 e. The number of benzene rings is 1. The van der Waals surface area contributed by atoms with Crippen LogP contribution >= 0.6 is 0 Å². The van der Waals surface area contributed by atoms with Gasteiger partial charge in [0.2, 0.25) is 11.6 Å². The molecule has 1 amide bonds. The molecule has 0 saturated carbocycles. The van der Waals surface area contributed by atoms with E-state index in [-0.39, 0.29) is 5.91 Å². The zero-order valence-electron chi connectivity index (χ0n) is 17.9. The lowest BCUT2D eigenvalue weighted by molar-refractivity contribution is -0.121. The molecule has 2 aromatic heterocycles. The number of carbonyl (C=O) groups is 2. The summed E-state index contributed by atoms with van der Waals surface area (Å²) in [6, 6.07) is 5.23. The molecule has 9 heteroatoms. The van der Waals surface area contributed by atoms with Gasteiger partial charge in [-0.2, -0.15) is 0 Å². The Bertz CT molecular complexity index is 1060. The lowest BCUT2D eigenvalue weighted by atomic mass is 10.1. The summed E-state index contributed by atoms with van der Waals surface area (Å²) in [5.74, 6) is 1.39. The van der Waals surface area contributed by atoms with Gasteiger partial charge in [0.1, 0.15) is 5.82 Å². The summed E-state index contributed by atoms with van der Waals surface area (Å²) < 4.78 is 6.72. The Morgan fingerprint density at radius 3 is 2.67 bits per heavy atom. The van der Waals surface area contributed by atoms with E-state index in [1.807, 2.05) is 31.2 Å². The number of nitrogens with one attached hydrogen (secondary N) is 2. The van der Waals surface area contributed by atoms with E-state index in [1.165, 1.54) is 7.11 Å². The highest BCUT2D eigenvalue weighted by Gasteiger charge is 2.15. The van der Waals surface area contributed by atoms with Gasteiger partial charge in [-0.1, -0.05) is 13.8 Å². The van der Waals surface area contributed by atoms with Gasteiger partial charge in [0.05, 0.1) is 23.7 Å². The molecule has 0 aliphatic carbocycles. The number of aryl methyl sites for hydroxylation is 1. The van der Waals surface area contributed by atoms with Gasteiger partial charge in [0.15, 0.2) is 5.82 Å². The number of esters is 1. The highest BCUT2D eigenvalue weighted by atomic mass is 16.5. The van der Waals surface area contributed by atoms with Gasteiger partial charge >= 0.3 is 5.97 Å². The fourth-order valence-corrected chi connectivity index (χ4v) is 3.27. The minimum atomic E-state index is -0.409. The third kappa shape index (κ3) is 4.84. The van der Waals surface area contributed by atoms with Crippen LogP contribution in [0.4, 0.5) is 5.82 Å². The maximum Gasteiger partial charge on any atom is 0.337 e. The normalized spacial score (nSPS) is 11.2. The molecule has 9 nitrogen and oxygen atoms in total. The predicted octanol–water partition coefficient (Wildman–Crippen LogP) is 2.73. The van der Waals surface area contributed by atoms with Gasteiger partial charge in [0.25, 0.3) is 0 Å². The van der Waals surface area contributed by atoms with Gasteiger partial charge in [0, 0.05) is 19.5 Å². The fraction of sp³-hybridized carbons (Fsp3) is 0.476. The van der Waals surface area contributed by atoms with Crippen molar-refractivity contribution in [2.75, 3.05) is 25.5 Å². The van der Waals surface area contributed by atoms with Crippen LogP contribution < -0.4 is 10.6 Å². The summed E-state index contributed by atoms with van der Waals surface area (Å²) >= 11 is 0. The van der Waals surface area contributed by atoms with E-state index in [0.29, 0.717) is 48.0 Å². The standard InChI is InChI=1S/C21H28N6O3/c1-13(2)11-18(28)22-9-5-6-10-23-19-20-26-25-14(3)27(20)17-8-7-15(21(29)30-4)12-16(17)24-19/h7-8,12-13H,5-6,9-11H2,1-4H3,(H,22,28)(H,23,24). The summed E-state index contributed by atoms with van der Waals surface area (Å²) in [5.41, 5.74) is 2.54. The number of ether oxygens (including phenoxy) is 1. The van der Waals surface area contributed by atoms with Crippen molar-refractivity contribution in [1.29, 1.82) is 0 Å². The second-order valence-electron chi connectivity index (χ2n) is 7.64. The van der Waals surface area contributed by atoms with Crippen LogP contribution in [0.5, 0.6) is 0 Å². The van der Waals surface area contributed by atoms with Gasteiger partial charge in [-0.25, -0.2) is 9.78 Å². The Kier molecular flexibility index (Phi) is 6.81. The lowest BCUT2D eigenvalue weighted by Crippen LogP contribution is -2.25. The molecule has 0 atom stereocenters. The molecule has 3 aromatic rings. The van der Waals surface area contributed by atoms with Crippen LogP contribution in [0.2, 0.25) is 0 Å². The average molecular weight is 412 g/mol. The van der Waals surface area contributed by atoms with Crippen LogP contribution in [0, 0.1) is 12.8 Å². The molecule has 0 aliphatic rings. The molecular formula is C21H28N6O3. The van der Waals surface area contributed by atoms with E-state index < -0.39 is 5.97 Å². The maximum atomic E-state index is 11.9. The molecule has 0 spiro atoms. The van der Waals surface area contributed by atoms with Gasteiger partial charge < -0.3 is 15.4 Å². The zero-order chi connectivity index (χ0) is 21.7. The topological polar surface area (TPSA) is 111 Å². The Hall–Kier alpha value is -3.23. The van der Waals surface area contributed by atoms with Crippen LogP contribution in [-0.4, -0.2) is 51.7 Å². The summed E-state index contributed by atoms with van der Waals surface area (Å²) in [4.78, 5) is 28.2. The maximum absolute atomic E-state index is 11.9. The first-order valence-electron chi connectivity index (χ1n) is 10.1. The highest BCUT2D eigenvalue weighted by Crippen LogP contribution is 2.23. The van der Waals surface area contributed by atoms with Crippen molar-refractivity contribution < 1.29 is 14.3 Å². The third-order valence-electron chi connectivity index (χ3n) is 4.72. The zero-order valence-corrected chi connectivity index (χ0v) is 17.9. The van der Waals surface area contributed by atoms with E-state index in [9.17, 15) is 9.59 Å². The quantitative estimate of drug-likeness (QED) is 0.411. The number of fused-ring (bicyclic) bond motifs is 3. The molecule has 0 unspecified atom stereocenters. The summed E-state index contributed by atoms with van der Waals surface area (Å²) in [6.45, 7) is 7.26. The number of methoxy groups -OCH3 is 1. The van der Waals surface area contributed by atoms with Crippen LogP contribution in [0.15, 0.2) is 18.2 Å². The molecule has 2 N–H and O–H groups in total. The van der Waals surface area contributed by atoms with Crippen LogP contribution in [0.1, 0.15) is 49.3 Å².